The SMILES string of the molecule is CC(CCc1ccco1)Nc1cnc(N)cn1. The van der Waals surface area contributed by atoms with Crippen LogP contribution < -0.4 is 11.1 Å². The second-order valence-electron chi connectivity index (χ2n) is 3.99. The quantitative estimate of drug-likeness (QED) is 0.825. The smallest absolute Gasteiger partial charge is 0.144 e. The Morgan fingerprint density at radius 2 is 2.29 bits per heavy atom. The van der Waals surface area contributed by atoms with Crippen LogP contribution in [0.15, 0.2) is 35.2 Å². The number of nitrogens with one attached hydrogen (secondary N) is 1. The van der Waals surface area contributed by atoms with Crippen molar-refractivity contribution in [3.8, 4) is 0 Å². The third kappa shape index (κ3) is 3.48. The first-order valence-electron chi connectivity index (χ1n) is 5.60. The van der Waals surface area contributed by atoms with E-state index in [2.05, 4.69) is 22.2 Å². The van der Waals surface area contributed by atoms with Crippen molar-refractivity contribution in [3.05, 3.63) is 36.5 Å². The molecular formula is C12H16N4O. The summed E-state index contributed by atoms with van der Waals surface area (Å²) in [6.07, 6.45) is 6.75. The molecule has 0 aliphatic carbocycles. The predicted octanol–water partition coefficient (Wildman–Crippen LogP) is 2.08. The number of anilines is 2. The van der Waals surface area contributed by atoms with E-state index >= 15 is 0 Å². The molecule has 5 nitrogen and oxygen atoms in total. The summed E-state index contributed by atoms with van der Waals surface area (Å²) in [7, 11) is 0. The van der Waals surface area contributed by atoms with Crippen molar-refractivity contribution in [3.63, 3.8) is 0 Å². The summed E-state index contributed by atoms with van der Waals surface area (Å²) in [5.74, 6) is 2.17. The van der Waals surface area contributed by atoms with Crippen LogP contribution in [-0.2, 0) is 6.42 Å². The van der Waals surface area contributed by atoms with Gasteiger partial charge in [0.25, 0.3) is 0 Å². The van der Waals surface area contributed by atoms with E-state index in [0.29, 0.717) is 11.9 Å². The van der Waals surface area contributed by atoms with Crippen LogP contribution in [-0.4, -0.2) is 16.0 Å². The maximum Gasteiger partial charge on any atom is 0.144 e. The van der Waals surface area contributed by atoms with E-state index in [1.807, 2.05) is 12.1 Å². The summed E-state index contributed by atoms with van der Waals surface area (Å²) in [5, 5.41) is 3.26. The van der Waals surface area contributed by atoms with E-state index < -0.39 is 0 Å². The molecule has 0 fully saturated rings. The van der Waals surface area contributed by atoms with Gasteiger partial charge in [-0.2, -0.15) is 0 Å². The fourth-order valence-electron chi connectivity index (χ4n) is 1.55. The minimum absolute atomic E-state index is 0.304. The van der Waals surface area contributed by atoms with Crippen LogP contribution in [0, 0.1) is 0 Å². The average molecular weight is 232 g/mol. The highest BCUT2D eigenvalue weighted by Crippen LogP contribution is 2.09. The molecule has 0 saturated heterocycles. The van der Waals surface area contributed by atoms with Gasteiger partial charge in [0.1, 0.15) is 17.4 Å². The first-order chi connectivity index (χ1) is 8.24. The zero-order valence-electron chi connectivity index (χ0n) is 9.76. The van der Waals surface area contributed by atoms with Crippen LogP contribution >= 0.6 is 0 Å². The second-order valence-corrected chi connectivity index (χ2v) is 3.99. The second kappa shape index (κ2) is 5.34. The van der Waals surface area contributed by atoms with Gasteiger partial charge in [0.15, 0.2) is 0 Å². The fourth-order valence-corrected chi connectivity index (χ4v) is 1.55. The van der Waals surface area contributed by atoms with E-state index in [-0.39, 0.29) is 0 Å². The fraction of sp³-hybridized carbons (Fsp3) is 0.333. The molecule has 0 radical (unpaired) electrons. The number of nitrogen functional groups attached to an aromatic ring is 1. The number of nitrogens with two attached hydrogens (primary N) is 1. The number of hydrogen-bond acceptors (Lipinski definition) is 5. The van der Waals surface area contributed by atoms with Gasteiger partial charge in [-0.15, -0.1) is 0 Å². The molecule has 1 atom stereocenters. The van der Waals surface area contributed by atoms with Gasteiger partial charge in [0.05, 0.1) is 18.7 Å². The maximum atomic E-state index is 5.47. The topological polar surface area (TPSA) is 77.0 Å². The Balaban J connectivity index is 1.80. The average Bonchev–Trinajstić information content (AvgIpc) is 2.83. The molecule has 0 aliphatic heterocycles. The Hall–Kier alpha value is -2.04. The predicted molar refractivity (Wildman–Crippen MR) is 66.6 cm³/mol. The van der Waals surface area contributed by atoms with Crippen LogP contribution in [0.4, 0.5) is 11.6 Å². The van der Waals surface area contributed by atoms with Crippen molar-refractivity contribution < 1.29 is 4.42 Å². The molecular weight excluding hydrogens is 216 g/mol. The number of rotatable bonds is 5. The number of furan rings is 1. The summed E-state index contributed by atoms with van der Waals surface area (Å²) in [6.45, 7) is 2.10. The molecule has 2 aromatic heterocycles. The number of nitrogens with zero attached hydrogens (tertiary/aromatic N) is 2. The molecule has 2 rings (SSSR count). The van der Waals surface area contributed by atoms with Gasteiger partial charge in [0.2, 0.25) is 0 Å². The largest absolute Gasteiger partial charge is 0.469 e. The lowest BCUT2D eigenvalue weighted by Crippen LogP contribution is -2.17. The van der Waals surface area contributed by atoms with Gasteiger partial charge in [-0.25, -0.2) is 9.97 Å². The van der Waals surface area contributed by atoms with Crippen LogP contribution in [0.25, 0.3) is 0 Å². The van der Waals surface area contributed by atoms with Crippen LogP contribution in [0.3, 0.4) is 0 Å². The number of aromatic nitrogens is 2. The highest BCUT2D eigenvalue weighted by molar-refractivity contribution is 5.36. The van der Waals surface area contributed by atoms with Crippen molar-refractivity contribution in [2.24, 2.45) is 0 Å². The molecule has 0 aromatic carbocycles. The molecule has 1 unspecified atom stereocenters. The van der Waals surface area contributed by atoms with Crippen molar-refractivity contribution in [1.29, 1.82) is 0 Å². The third-order valence-corrected chi connectivity index (χ3v) is 2.47. The third-order valence-electron chi connectivity index (χ3n) is 2.47. The molecule has 0 saturated carbocycles. The summed E-state index contributed by atoms with van der Waals surface area (Å²) in [6, 6.07) is 4.19. The maximum absolute atomic E-state index is 5.47. The molecule has 3 N–H and O–H groups in total. The lowest BCUT2D eigenvalue weighted by Gasteiger charge is -2.13. The lowest BCUT2D eigenvalue weighted by atomic mass is 10.1. The van der Waals surface area contributed by atoms with Crippen molar-refractivity contribution in [2.45, 2.75) is 25.8 Å². The molecule has 2 heterocycles. The Kier molecular flexibility index (Phi) is 3.59. The van der Waals surface area contributed by atoms with Crippen molar-refractivity contribution in [2.75, 3.05) is 11.1 Å². The summed E-state index contributed by atoms with van der Waals surface area (Å²) < 4.78 is 5.28. The molecule has 0 aliphatic rings. The van der Waals surface area contributed by atoms with Gasteiger partial charge in [-0.3, -0.25) is 0 Å². The summed E-state index contributed by atoms with van der Waals surface area (Å²) in [4.78, 5) is 8.12. The van der Waals surface area contributed by atoms with Gasteiger partial charge < -0.3 is 15.5 Å². The Labute approximate surface area is 100 Å². The van der Waals surface area contributed by atoms with E-state index in [0.717, 1.165) is 24.4 Å². The zero-order chi connectivity index (χ0) is 12.1. The molecule has 2 aromatic rings. The van der Waals surface area contributed by atoms with Crippen LogP contribution in [0.5, 0.6) is 0 Å². The van der Waals surface area contributed by atoms with Crippen LogP contribution in [0.1, 0.15) is 19.1 Å². The molecule has 17 heavy (non-hydrogen) atoms. The van der Waals surface area contributed by atoms with Gasteiger partial charge >= 0.3 is 0 Å². The van der Waals surface area contributed by atoms with Crippen molar-refractivity contribution in [1.82, 2.24) is 9.97 Å². The zero-order valence-corrected chi connectivity index (χ0v) is 9.76. The van der Waals surface area contributed by atoms with E-state index in [1.165, 1.54) is 0 Å². The van der Waals surface area contributed by atoms with Crippen LogP contribution in [0.2, 0.25) is 0 Å². The highest BCUT2D eigenvalue weighted by Gasteiger charge is 2.05. The normalized spacial score (nSPS) is 12.3. The Bertz CT molecular complexity index is 438. The first kappa shape index (κ1) is 11.4. The minimum atomic E-state index is 0.304. The Morgan fingerprint density at radius 1 is 1.41 bits per heavy atom. The monoisotopic (exact) mass is 232 g/mol. The van der Waals surface area contributed by atoms with Gasteiger partial charge in [-0.05, 0) is 25.5 Å². The standard InChI is InChI=1S/C12H16N4O/c1-9(4-5-10-3-2-6-17-10)16-12-8-14-11(13)7-15-12/h2-3,6-9H,4-5H2,1H3,(H2,13,14)(H,15,16). The van der Waals surface area contributed by atoms with Gasteiger partial charge in [0, 0.05) is 12.5 Å². The lowest BCUT2D eigenvalue weighted by molar-refractivity contribution is 0.495. The van der Waals surface area contributed by atoms with E-state index in [1.54, 1.807) is 18.7 Å². The minimum Gasteiger partial charge on any atom is -0.469 e. The highest BCUT2D eigenvalue weighted by atomic mass is 16.3. The molecule has 0 amide bonds. The molecule has 90 valence electrons. The van der Waals surface area contributed by atoms with Crippen molar-refractivity contribution >= 4 is 11.6 Å². The Morgan fingerprint density at radius 3 is 2.94 bits per heavy atom. The van der Waals surface area contributed by atoms with E-state index in [9.17, 15) is 0 Å². The summed E-state index contributed by atoms with van der Waals surface area (Å²) >= 11 is 0. The molecule has 5 heteroatoms. The first-order valence-corrected chi connectivity index (χ1v) is 5.60. The number of hydrogen-bond donors (Lipinski definition) is 2. The number of aryl methyl sites for hydroxylation is 1. The molecule has 0 spiro atoms. The van der Waals surface area contributed by atoms with Gasteiger partial charge in [-0.1, -0.05) is 0 Å². The molecule has 0 bridgehead atoms. The van der Waals surface area contributed by atoms with E-state index in [4.69, 9.17) is 10.2 Å². The summed E-state index contributed by atoms with van der Waals surface area (Å²) in [5.41, 5.74) is 5.47.